The Kier molecular flexibility index (Phi) is 7.44. The number of aryl methyl sites for hydroxylation is 2. The molecule has 2 aromatic rings. The summed E-state index contributed by atoms with van der Waals surface area (Å²) in [6.07, 6.45) is 0. The molecule has 0 saturated carbocycles. The molecule has 0 atom stereocenters. The Bertz CT molecular complexity index is 252. The van der Waals surface area contributed by atoms with Gasteiger partial charge in [0.2, 0.25) is 0 Å². The maximum atomic E-state index is 2.95. The molecular weight excluding hydrogens is 250 g/mol. The monoisotopic (exact) mass is 258 g/mol. The molecule has 2 rings (SSSR count). The molecule has 0 aliphatic rings. The molecule has 0 fully saturated rings. The van der Waals surface area contributed by atoms with Gasteiger partial charge in [-0.05, 0) is 0 Å². The Morgan fingerprint density at radius 3 is 1.38 bits per heavy atom. The third-order valence-corrected chi connectivity index (χ3v) is 2.69. The van der Waals surface area contributed by atoms with E-state index >= 15 is 0 Å². The molecule has 0 N–H and O–H groups in total. The number of hydrogen-bond acceptors (Lipinski definition) is 2. The summed E-state index contributed by atoms with van der Waals surface area (Å²) >= 11 is 3.44. The maximum absolute atomic E-state index is 2.95. The van der Waals surface area contributed by atoms with Crippen molar-refractivity contribution in [3.63, 3.8) is 0 Å². The van der Waals surface area contributed by atoms with Crippen LogP contribution in [0.1, 0.15) is 9.75 Å². The molecule has 0 aromatic carbocycles. The first-order valence-electron chi connectivity index (χ1n) is 3.61. The van der Waals surface area contributed by atoms with Gasteiger partial charge in [0.1, 0.15) is 0 Å². The summed E-state index contributed by atoms with van der Waals surface area (Å²) in [5, 5.41) is 3.91. The number of hydrogen-bond donors (Lipinski definition) is 0. The smallest absolute Gasteiger partial charge is 0.270 e. The first kappa shape index (κ1) is 13.0. The van der Waals surface area contributed by atoms with Crippen molar-refractivity contribution in [3.8, 4) is 0 Å². The van der Waals surface area contributed by atoms with Crippen molar-refractivity contribution >= 4 is 22.7 Å². The fourth-order valence-corrected chi connectivity index (χ4v) is 1.54. The van der Waals surface area contributed by atoms with Crippen molar-refractivity contribution < 1.29 is 19.5 Å². The van der Waals surface area contributed by atoms with E-state index in [1.54, 1.807) is 22.7 Å². The molecule has 0 spiro atoms. The van der Waals surface area contributed by atoms with Crippen molar-refractivity contribution in [2.75, 3.05) is 0 Å². The van der Waals surface area contributed by atoms with E-state index in [1.807, 2.05) is 22.9 Å². The zero-order valence-electron chi connectivity index (χ0n) is 7.83. The predicted octanol–water partition coefficient (Wildman–Crippen LogP) is 3.71. The number of thiophene rings is 2. The molecular formula is C10H10S2Zn. The summed E-state index contributed by atoms with van der Waals surface area (Å²) in [6, 6.07) is 9.85. The van der Waals surface area contributed by atoms with Crippen molar-refractivity contribution in [2.45, 2.75) is 13.8 Å². The molecule has 0 radical (unpaired) electrons. The van der Waals surface area contributed by atoms with Gasteiger partial charge in [0.15, 0.2) is 0 Å². The van der Waals surface area contributed by atoms with Crippen LogP contribution in [-0.2, 0) is 19.5 Å². The van der Waals surface area contributed by atoms with Gasteiger partial charge in [-0.15, -0.1) is 20.5 Å². The summed E-state index contributed by atoms with van der Waals surface area (Å²) in [5.41, 5.74) is 0. The Morgan fingerprint density at radius 1 is 0.923 bits per heavy atom. The second kappa shape index (κ2) is 7.43. The Balaban J connectivity index is 0.000000206. The van der Waals surface area contributed by atoms with E-state index in [2.05, 4.69) is 26.0 Å². The Hall–Kier alpha value is 0.0234. The SMILES string of the molecule is Cc1c[c-]cs1.Cc1c[c-]cs1.[Zn+2]. The van der Waals surface area contributed by atoms with Gasteiger partial charge in [0.25, 0.3) is 0 Å². The van der Waals surface area contributed by atoms with Crippen LogP contribution >= 0.6 is 22.7 Å². The molecule has 2 heterocycles. The Labute approximate surface area is 100 Å². The minimum atomic E-state index is 0. The molecule has 0 bridgehead atoms. The third kappa shape index (κ3) is 6.14. The summed E-state index contributed by atoms with van der Waals surface area (Å²) in [4.78, 5) is 2.66. The molecule has 0 saturated heterocycles. The first-order chi connectivity index (χ1) is 5.79. The molecule has 0 aliphatic carbocycles. The van der Waals surface area contributed by atoms with Gasteiger partial charge >= 0.3 is 19.5 Å². The van der Waals surface area contributed by atoms with Gasteiger partial charge in [-0.2, -0.15) is 0 Å². The zero-order chi connectivity index (χ0) is 8.81. The maximum Gasteiger partial charge on any atom is 2.00 e. The van der Waals surface area contributed by atoms with Gasteiger partial charge in [-0.25, -0.2) is 24.3 Å². The van der Waals surface area contributed by atoms with Crippen LogP contribution in [0, 0.1) is 26.0 Å². The van der Waals surface area contributed by atoms with Crippen LogP contribution in [0.4, 0.5) is 0 Å². The van der Waals surface area contributed by atoms with E-state index in [4.69, 9.17) is 0 Å². The molecule has 0 unspecified atom stereocenters. The number of rotatable bonds is 0. The Morgan fingerprint density at radius 2 is 1.31 bits per heavy atom. The van der Waals surface area contributed by atoms with E-state index in [-0.39, 0.29) is 19.5 Å². The van der Waals surface area contributed by atoms with Gasteiger partial charge in [-0.1, -0.05) is 13.8 Å². The molecule has 13 heavy (non-hydrogen) atoms. The van der Waals surface area contributed by atoms with Crippen molar-refractivity contribution in [3.05, 3.63) is 44.8 Å². The molecule has 0 aliphatic heterocycles. The van der Waals surface area contributed by atoms with Crippen LogP contribution in [0.3, 0.4) is 0 Å². The van der Waals surface area contributed by atoms with Crippen molar-refractivity contribution in [1.82, 2.24) is 0 Å². The van der Waals surface area contributed by atoms with Crippen LogP contribution < -0.4 is 0 Å². The first-order valence-corrected chi connectivity index (χ1v) is 5.37. The molecule has 64 valence electrons. The second-order valence-electron chi connectivity index (χ2n) is 2.31. The van der Waals surface area contributed by atoms with Gasteiger partial charge in [0, 0.05) is 0 Å². The minimum absolute atomic E-state index is 0. The van der Waals surface area contributed by atoms with Gasteiger partial charge < -0.3 is 0 Å². The molecule has 0 amide bonds. The van der Waals surface area contributed by atoms with Crippen LogP contribution in [0.15, 0.2) is 22.9 Å². The van der Waals surface area contributed by atoms with E-state index in [0.717, 1.165) is 0 Å². The summed E-state index contributed by atoms with van der Waals surface area (Å²) in [5.74, 6) is 0. The fraction of sp³-hybridized carbons (Fsp3) is 0.200. The third-order valence-electron chi connectivity index (χ3n) is 1.20. The summed E-state index contributed by atoms with van der Waals surface area (Å²) in [7, 11) is 0. The van der Waals surface area contributed by atoms with Crippen molar-refractivity contribution in [2.24, 2.45) is 0 Å². The zero-order valence-corrected chi connectivity index (χ0v) is 12.4. The summed E-state index contributed by atoms with van der Waals surface area (Å²) in [6.45, 7) is 4.14. The predicted molar refractivity (Wildman–Crippen MR) is 55.8 cm³/mol. The summed E-state index contributed by atoms with van der Waals surface area (Å²) < 4.78 is 0. The van der Waals surface area contributed by atoms with Gasteiger partial charge in [-0.3, -0.25) is 22.7 Å². The van der Waals surface area contributed by atoms with E-state index < -0.39 is 0 Å². The van der Waals surface area contributed by atoms with Crippen LogP contribution in [0.25, 0.3) is 0 Å². The average Bonchev–Trinajstić information content (AvgIpc) is 2.63. The molecule has 0 nitrogen and oxygen atoms in total. The van der Waals surface area contributed by atoms with Crippen LogP contribution in [-0.4, -0.2) is 0 Å². The quantitative estimate of drug-likeness (QED) is 0.500. The fourth-order valence-electron chi connectivity index (χ4n) is 0.625. The largest absolute Gasteiger partial charge is 2.00 e. The minimum Gasteiger partial charge on any atom is -0.270 e. The van der Waals surface area contributed by atoms with Crippen LogP contribution in [0.2, 0.25) is 0 Å². The molecule has 2 aromatic heterocycles. The second-order valence-corrected chi connectivity index (χ2v) is 4.55. The molecule has 3 heteroatoms. The normalized spacial score (nSPS) is 8.15. The van der Waals surface area contributed by atoms with Gasteiger partial charge in [0.05, 0.1) is 0 Å². The van der Waals surface area contributed by atoms with Crippen molar-refractivity contribution in [1.29, 1.82) is 0 Å². The van der Waals surface area contributed by atoms with Crippen LogP contribution in [0.5, 0.6) is 0 Å². The average molecular weight is 260 g/mol. The van der Waals surface area contributed by atoms with E-state index in [0.29, 0.717) is 0 Å². The van der Waals surface area contributed by atoms with E-state index in [1.165, 1.54) is 9.75 Å². The van der Waals surface area contributed by atoms with E-state index in [9.17, 15) is 0 Å². The topological polar surface area (TPSA) is 0 Å². The standard InChI is InChI=1S/2C5H5S.Zn/c2*1-5-3-2-4-6-5;/h2*3-4H,1H3;/q2*-1;+2.